The number of rotatable bonds is 2. The SMILES string of the molecule is Cc1cccc(F)c1N1Cc2cnc(N)nc2N([C@H]2CCCN(C(=O)OC(C)(C)C)C2)C1=O. The molecule has 2 aliphatic rings. The second kappa shape index (κ2) is 8.49. The number of nitrogen functional groups attached to an aromatic ring is 1. The minimum absolute atomic E-state index is 0.0434. The fourth-order valence-electron chi connectivity index (χ4n) is 4.32. The predicted molar refractivity (Wildman–Crippen MR) is 122 cm³/mol. The molecule has 1 aromatic carbocycles. The highest BCUT2D eigenvalue weighted by Crippen LogP contribution is 2.36. The summed E-state index contributed by atoms with van der Waals surface area (Å²) < 4.78 is 20.3. The maximum Gasteiger partial charge on any atom is 0.410 e. The normalized spacial score (nSPS) is 18.9. The molecule has 9 nitrogen and oxygen atoms in total. The zero-order valence-corrected chi connectivity index (χ0v) is 19.3. The van der Waals surface area contributed by atoms with Crippen LogP contribution in [-0.2, 0) is 11.3 Å². The highest BCUT2D eigenvalue weighted by atomic mass is 19.1. The van der Waals surface area contributed by atoms with Crippen molar-refractivity contribution in [1.82, 2.24) is 14.9 Å². The largest absolute Gasteiger partial charge is 0.444 e. The van der Waals surface area contributed by atoms with E-state index in [1.807, 2.05) is 20.8 Å². The Labute approximate surface area is 192 Å². The Morgan fingerprint density at radius 3 is 2.76 bits per heavy atom. The highest BCUT2D eigenvalue weighted by Gasteiger charge is 2.41. The number of halogens is 1. The van der Waals surface area contributed by atoms with Crippen molar-refractivity contribution >= 4 is 29.6 Å². The zero-order chi connectivity index (χ0) is 23.9. The van der Waals surface area contributed by atoms with E-state index in [2.05, 4.69) is 9.97 Å². The Bertz CT molecular complexity index is 1070. The van der Waals surface area contributed by atoms with Crippen LogP contribution in [0.1, 0.15) is 44.7 Å². The first kappa shape index (κ1) is 22.8. The number of piperidine rings is 1. The van der Waals surface area contributed by atoms with Crippen LogP contribution in [0.4, 0.5) is 31.4 Å². The number of hydrogen-bond donors (Lipinski definition) is 1. The van der Waals surface area contributed by atoms with Crippen LogP contribution in [0.3, 0.4) is 0 Å². The van der Waals surface area contributed by atoms with Gasteiger partial charge >= 0.3 is 12.1 Å². The minimum Gasteiger partial charge on any atom is -0.444 e. The number of likely N-dealkylation sites (tertiary alicyclic amines) is 1. The van der Waals surface area contributed by atoms with Gasteiger partial charge < -0.3 is 15.4 Å². The molecule has 2 aromatic rings. The molecular formula is C23H29FN6O3. The number of ether oxygens (including phenoxy) is 1. The molecule has 2 aliphatic heterocycles. The highest BCUT2D eigenvalue weighted by molar-refractivity contribution is 6.06. The fourth-order valence-corrected chi connectivity index (χ4v) is 4.32. The van der Waals surface area contributed by atoms with E-state index in [0.29, 0.717) is 36.3 Å². The standard InChI is InChI=1S/C23H29FN6O3/c1-14-7-5-9-17(24)18(14)29-12-15-11-26-20(25)27-19(15)30(21(29)31)16-8-6-10-28(13-16)22(32)33-23(2,3)4/h5,7,9,11,16H,6,8,10,12-13H2,1-4H3,(H2,25,26,27)/t16-/m0/s1. The number of nitrogens with two attached hydrogens (primary N) is 1. The third kappa shape index (κ3) is 4.55. The van der Waals surface area contributed by atoms with Gasteiger partial charge in [0.25, 0.3) is 0 Å². The number of aromatic nitrogens is 2. The molecule has 1 aromatic heterocycles. The van der Waals surface area contributed by atoms with E-state index >= 15 is 0 Å². The molecule has 0 bridgehead atoms. The molecule has 3 amide bonds. The molecule has 10 heteroatoms. The molecule has 1 saturated heterocycles. The van der Waals surface area contributed by atoms with E-state index in [0.717, 1.165) is 0 Å². The first-order valence-electron chi connectivity index (χ1n) is 11.0. The van der Waals surface area contributed by atoms with Gasteiger partial charge in [-0.15, -0.1) is 0 Å². The fraction of sp³-hybridized carbons (Fsp3) is 0.478. The van der Waals surface area contributed by atoms with E-state index < -0.39 is 23.5 Å². The molecule has 0 spiro atoms. The number of benzene rings is 1. The van der Waals surface area contributed by atoms with Gasteiger partial charge in [-0.05, 0) is 52.2 Å². The summed E-state index contributed by atoms with van der Waals surface area (Å²) in [4.78, 5) is 39.4. The first-order chi connectivity index (χ1) is 15.5. The van der Waals surface area contributed by atoms with Gasteiger partial charge in [-0.25, -0.2) is 19.0 Å². The van der Waals surface area contributed by atoms with Crippen LogP contribution in [0.25, 0.3) is 0 Å². The molecule has 4 rings (SSSR count). The number of fused-ring (bicyclic) bond motifs is 1. The Morgan fingerprint density at radius 2 is 2.06 bits per heavy atom. The van der Waals surface area contributed by atoms with Crippen molar-refractivity contribution < 1.29 is 18.7 Å². The Kier molecular flexibility index (Phi) is 5.85. The lowest BCUT2D eigenvalue weighted by molar-refractivity contribution is 0.0199. The average molecular weight is 457 g/mol. The van der Waals surface area contributed by atoms with Crippen LogP contribution in [0, 0.1) is 12.7 Å². The lowest BCUT2D eigenvalue weighted by Crippen LogP contribution is -2.58. The number of para-hydroxylation sites is 1. The van der Waals surface area contributed by atoms with Gasteiger partial charge in [-0.2, -0.15) is 4.98 Å². The predicted octanol–water partition coefficient (Wildman–Crippen LogP) is 3.85. The monoisotopic (exact) mass is 456 g/mol. The molecule has 0 aliphatic carbocycles. The smallest absolute Gasteiger partial charge is 0.410 e. The van der Waals surface area contributed by atoms with Crippen LogP contribution in [-0.4, -0.2) is 51.7 Å². The van der Waals surface area contributed by atoms with Crippen molar-refractivity contribution in [3.63, 3.8) is 0 Å². The van der Waals surface area contributed by atoms with E-state index in [9.17, 15) is 14.0 Å². The van der Waals surface area contributed by atoms with E-state index in [1.165, 1.54) is 15.9 Å². The molecular weight excluding hydrogens is 427 g/mol. The van der Waals surface area contributed by atoms with Crippen LogP contribution in [0.2, 0.25) is 0 Å². The van der Waals surface area contributed by atoms with Gasteiger partial charge in [0.05, 0.1) is 18.3 Å². The minimum atomic E-state index is -0.627. The van der Waals surface area contributed by atoms with E-state index in [4.69, 9.17) is 10.5 Å². The molecule has 0 radical (unpaired) electrons. The third-order valence-electron chi connectivity index (χ3n) is 5.73. The number of carbonyl (C=O) groups is 2. The third-order valence-corrected chi connectivity index (χ3v) is 5.73. The summed E-state index contributed by atoms with van der Waals surface area (Å²) in [7, 11) is 0. The van der Waals surface area contributed by atoms with Crippen molar-refractivity contribution in [1.29, 1.82) is 0 Å². The number of amides is 3. The Morgan fingerprint density at radius 1 is 1.30 bits per heavy atom. The summed E-state index contributed by atoms with van der Waals surface area (Å²) >= 11 is 0. The van der Waals surface area contributed by atoms with Crippen LogP contribution >= 0.6 is 0 Å². The number of carbonyl (C=O) groups excluding carboxylic acids is 2. The van der Waals surface area contributed by atoms with Gasteiger partial charge in [0.15, 0.2) is 0 Å². The summed E-state index contributed by atoms with van der Waals surface area (Å²) in [5.74, 6) is -0.0437. The van der Waals surface area contributed by atoms with Crippen LogP contribution < -0.4 is 15.5 Å². The lowest BCUT2D eigenvalue weighted by Gasteiger charge is -2.44. The summed E-state index contributed by atoms with van der Waals surface area (Å²) in [6.07, 6.45) is 2.47. The Hall–Kier alpha value is -3.43. The van der Waals surface area contributed by atoms with Gasteiger partial charge in [0.1, 0.15) is 17.2 Å². The number of nitrogens with zero attached hydrogens (tertiary/aromatic N) is 5. The number of hydrogen-bond acceptors (Lipinski definition) is 6. The summed E-state index contributed by atoms with van der Waals surface area (Å²) in [6, 6.07) is 3.92. The van der Waals surface area contributed by atoms with Gasteiger partial charge in [-0.1, -0.05) is 12.1 Å². The quantitative estimate of drug-likeness (QED) is 0.736. The topological polar surface area (TPSA) is 105 Å². The van der Waals surface area contributed by atoms with Crippen molar-refractivity contribution in [2.24, 2.45) is 0 Å². The van der Waals surface area contributed by atoms with Crippen molar-refractivity contribution in [2.75, 3.05) is 28.6 Å². The van der Waals surface area contributed by atoms with Crippen molar-refractivity contribution in [3.05, 3.63) is 41.3 Å². The molecule has 1 fully saturated rings. The van der Waals surface area contributed by atoms with Gasteiger partial charge in [-0.3, -0.25) is 9.80 Å². The molecule has 33 heavy (non-hydrogen) atoms. The molecule has 0 unspecified atom stereocenters. The second-order valence-corrected chi connectivity index (χ2v) is 9.44. The maximum absolute atomic E-state index is 14.8. The number of aryl methyl sites for hydroxylation is 1. The van der Waals surface area contributed by atoms with Gasteiger partial charge in [0.2, 0.25) is 5.95 Å². The maximum atomic E-state index is 14.8. The zero-order valence-electron chi connectivity index (χ0n) is 19.3. The van der Waals surface area contributed by atoms with Gasteiger partial charge in [0, 0.05) is 24.8 Å². The average Bonchev–Trinajstić information content (AvgIpc) is 2.73. The second-order valence-electron chi connectivity index (χ2n) is 9.44. The lowest BCUT2D eigenvalue weighted by atomic mass is 10.0. The van der Waals surface area contributed by atoms with E-state index in [1.54, 1.807) is 30.2 Å². The number of urea groups is 1. The summed E-state index contributed by atoms with van der Waals surface area (Å²) in [5, 5.41) is 0. The molecule has 2 N–H and O–H groups in total. The van der Waals surface area contributed by atoms with Crippen LogP contribution in [0.15, 0.2) is 24.4 Å². The summed E-state index contributed by atoms with van der Waals surface area (Å²) in [6.45, 7) is 8.11. The molecule has 0 saturated carbocycles. The molecule has 176 valence electrons. The first-order valence-corrected chi connectivity index (χ1v) is 11.0. The van der Waals surface area contributed by atoms with Crippen molar-refractivity contribution in [3.8, 4) is 0 Å². The van der Waals surface area contributed by atoms with E-state index in [-0.39, 0.29) is 30.8 Å². The molecule has 3 heterocycles. The molecule has 1 atom stereocenters. The Balaban J connectivity index is 1.71. The number of anilines is 3. The van der Waals surface area contributed by atoms with Crippen LogP contribution in [0.5, 0.6) is 0 Å². The van der Waals surface area contributed by atoms with Crippen molar-refractivity contribution in [2.45, 2.75) is 58.7 Å². The summed E-state index contributed by atoms with van der Waals surface area (Å²) in [5.41, 5.74) is 6.72.